The van der Waals surface area contributed by atoms with Crippen LogP contribution in [-0.2, 0) is 24.7 Å². The first-order chi connectivity index (χ1) is 9.36. The normalized spacial score (nSPS) is 14.3. The Hall–Kier alpha value is -0.680. The predicted octanol–water partition coefficient (Wildman–Crippen LogP) is 0.593. The number of rotatable bonds is 6. The van der Waals surface area contributed by atoms with Crippen molar-refractivity contribution < 1.29 is 21.6 Å². The van der Waals surface area contributed by atoms with Crippen LogP contribution in [0.3, 0.4) is 0 Å². The van der Waals surface area contributed by atoms with Crippen molar-refractivity contribution in [1.29, 1.82) is 0 Å². The topological polar surface area (TPSA) is 123 Å². The fourth-order valence-corrected chi connectivity index (χ4v) is 5.83. The molecular formula is C10H15ClN2O5S3. The summed E-state index contributed by atoms with van der Waals surface area (Å²) in [7, 11) is -7.73. The second-order valence-electron chi connectivity index (χ2n) is 4.72. The zero-order valence-corrected chi connectivity index (χ0v) is 14.7. The Morgan fingerprint density at radius 1 is 1.33 bits per heavy atom. The highest BCUT2D eigenvalue weighted by atomic mass is 35.5. The van der Waals surface area contributed by atoms with E-state index in [0.717, 1.165) is 12.3 Å². The summed E-state index contributed by atoms with van der Waals surface area (Å²) < 4.78 is 49.1. The minimum Gasteiger partial charge on any atom is -0.368 e. The average molecular weight is 375 g/mol. The number of hydrogen-bond donors (Lipinski definition) is 2. The minimum absolute atomic E-state index is 0.173. The van der Waals surface area contributed by atoms with Crippen molar-refractivity contribution in [3.8, 4) is 0 Å². The van der Waals surface area contributed by atoms with Crippen LogP contribution in [0, 0.1) is 5.92 Å². The number of carbonyl (C=O) groups is 1. The minimum atomic E-state index is -4.16. The Labute approximate surface area is 132 Å². The Bertz CT molecular complexity index is 752. The van der Waals surface area contributed by atoms with Gasteiger partial charge in [0.2, 0.25) is 15.9 Å². The van der Waals surface area contributed by atoms with Crippen molar-refractivity contribution in [1.82, 2.24) is 4.72 Å². The molecule has 7 nitrogen and oxygen atoms in total. The number of thiophene rings is 1. The zero-order chi connectivity index (χ0) is 16.6. The highest BCUT2D eigenvalue weighted by Crippen LogP contribution is 2.34. The van der Waals surface area contributed by atoms with Crippen molar-refractivity contribution in [3.05, 3.63) is 10.4 Å². The Kier molecular flexibility index (Phi) is 5.43. The SMILES string of the molecule is CC(C)[C@@H](NS(=O)(=O)c1cc(S(C)(=O)=O)sc1Cl)C(N)=O. The van der Waals surface area contributed by atoms with Crippen LogP contribution in [-0.4, -0.2) is 35.0 Å². The van der Waals surface area contributed by atoms with Gasteiger partial charge in [-0.3, -0.25) is 4.79 Å². The quantitative estimate of drug-likeness (QED) is 0.754. The van der Waals surface area contributed by atoms with Crippen LogP contribution in [0.25, 0.3) is 0 Å². The number of sulfone groups is 1. The molecule has 1 aromatic rings. The molecule has 0 aliphatic heterocycles. The van der Waals surface area contributed by atoms with Crippen LogP contribution in [0.1, 0.15) is 13.8 Å². The van der Waals surface area contributed by atoms with E-state index in [0.29, 0.717) is 11.3 Å². The van der Waals surface area contributed by atoms with E-state index >= 15 is 0 Å². The number of carbonyl (C=O) groups excluding carboxylic acids is 1. The van der Waals surface area contributed by atoms with Gasteiger partial charge in [0, 0.05) is 6.26 Å². The first-order valence-electron chi connectivity index (χ1n) is 5.67. The summed E-state index contributed by atoms with van der Waals surface area (Å²) in [5, 5.41) is 0. The fraction of sp³-hybridized carbons (Fsp3) is 0.500. The molecule has 120 valence electrons. The van der Waals surface area contributed by atoms with E-state index in [2.05, 4.69) is 4.72 Å². The molecule has 1 amide bonds. The van der Waals surface area contributed by atoms with Crippen molar-refractivity contribution in [2.24, 2.45) is 11.7 Å². The molecule has 1 heterocycles. The number of nitrogens with one attached hydrogen (secondary N) is 1. The maximum Gasteiger partial charge on any atom is 0.243 e. The molecule has 11 heteroatoms. The summed E-state index contributed by atoms with van der Waals surface area (Å²) >= 11 is 6.43. The number of halogens is 1. The molecule has 0 unspecified atom stereocenters. The molecule has 0 saturated heterocycles. The molecule has 0 radical (unpaired) electrons. The molecule has 0 spiro atoms. The highest BCUT2D eigenvalue weighted by Gasteiger charge is 2.30. The predicted molar refractivity (Wildman–Crippen MR) is 80.6 cm³/mol. The van der Waals surface area contributed by atoms with Crippen molar-refractivity contribution in [2.75, 3.05) is 6.26 Å². The van der Waals surface area contributed by atoms with Gasteiger partial charge in [-0.25, -0.2) is 16.8 Å². The summed E-state index contributed by atoms with van der Waals surface area (Å²) in [4.78, 5) is 10.9. The van der Waals surface area contributed by atoms with Crippen LogP contribution in [0.5, 0.6) is 0 Å². The van der Waals surface area contributed by atoms with E-state index in [9.17, 15) is 21.6 Å². The van der Waals surface area contributed by atoms with E-state index in [1.165, 1.54) is 0 Å². The first-order valence-corrected chi connectivity index (χ1v) is 10.2. The molecule has 1 aromatic heterocycles. The molecule has 1 rings (SSSR count). The molecule has 3 N–H and O–H groups in total. The lowest BCUT2D eigenvalue weighted by Crippen LogP contribution is -2.47. The van der Waals surface area contributed by atoms with Gasteiger partial charge in [0.1, 0.15) is 19.5 Å². The fourth-order valence-electron chi connectivity index (χ4n) is 1.45. The van der Waals surface area contributed by atoms with E-state index in [-0.39, 0.29) is 19.4 Å². The van der Waals surface area contributed by atoms with Gasteiger partial charge >= 0.3 is 0 Å². The summed E-state index contributed by atoms with van der Waals surface area (Å²) in [6.45, 7) is 3.24. The van der Waals surface area contributed by atoms with Gasteiger partial charge < -0.3 is 5.73 Å². The largest absolute Gasteiger partial charge is 0.368 e. The molecule has 1 atom stereocenters. The molecular weight excluding hydrogens is 360 g/mol. The van der Waals surface area contributed by atoms with Gasteiger partial charge in [-0.2, -0.15) is 4.72 Å². The smallest absolute Gasteiger partial charge is 0.243 e. The number of amides is 1. The lowest BCUT2D eigenvalue weighted by molar-refractivity contribution is -0.120. The number of nitrogens with two attached hydrogens (primary N) is 1. The van der Waals surface area contributed by atoms with Crippen molar-refractivity contribution in [3.63, 3.8) is 0 Å². The van der Waals surface area contributed by atoms with Gasteiger partial charge in [0.15, 0.2) is 9.84 Å². The van der Waals surface area contributed by atoms with Gasteiger partial charge in [-0.15, -0.1) is 11.3 Å². The van der Waals surface area contributed by atoms with Crippen molar-refractivity contribution >= 4 is 48.7 Å². The molecule has 0 saturated carbocycles. The zero-order valence-electron chi connectivity index (χ0n) is 11.5. The lowest BCUT2D eigenvalue weighted by atomic mass is 10.1. The molecule has 0 fully saturated rings. The van der Waals surface area contributed by atoms with Crippen molar-refractivity contribution in [2.45, 2.75) is 29.0 Å². The molecule has 0 aliphatic carbocycles. The van der Waals surface area contributed by atoms with Crippen LogP contribution in [0.4, 0.5) is 0 Å². The third-order valence-electron chi connectivity index (χ3n) is 2.54. The Morgan fingerprint density at radius 3 is 2.19 bits per heavy atom. The monoisotopic (exact) mass is 374 g/mol. The third-order valence-corrected chi connectivity index (χ3v) is 7.41. The second kappa shape index (κ2) is 6.21. The highest BCUT2D eigenvalue weighted by molar-refractivity contribution is 7.93. The molecule has 0 aromatic carbocycles. The van der Waals surface area contributed by atoms with E-state index in [4.69, 9.17) is 17.3 Å². The number of sulfonamides is 1. The number of primary amides is 1. The van der Waals surface area contributed by atoms with Crippen LogP contribution in [0.2, 0.25) is 4.34 Å². The van der Waals surface area contributed by atoms with E-state index in [1.54, 1.807) is 13.8 Å². The van der Waals surface area contributed by atoms with Gasteiger partial charge in [-0.05, 0) is 12.0 Å². The summed E-state index contributed by atoms with van der Waals surface area (Å²) in [5.41, 5.74) is 5.14. The summed E-state index contributed by atoms with van der Waals surface area (Å²) in [5.74, 6) is -1.20. The van der Waals surface area contributed by atoms with E-state index < -0.39 is 31.8 Å². The molecule has 21 heavy (non-hydrogen) atoms. The standard InChI is InChI=1S/C10H15ClN2O5S3/c1-5(2)8(10(12)14)13-21(17,18)6-4-7(19-9(6)11)20(3,15)16/h4-5,8,13H,1-3H3,(H2,12,14)/t8-/m1/s1. The number of hydrogen-bond acceptors (Lipinski definition) is 6. The van der Waals surface area contributed by atoms with Gasteiger partial charge in [0.05, 0.1) is 0 Å². The summed E-state index contributed by atoms with van der Waals surface area (Å²) in [6, 6.07) is -0.157. The van der Waals surface area contributed by atoms with Crippen LogP contribution >= 0.6 is 22.9 Å². The van der Waals surface area contributed by atoms with E-state index in [1.807, 2.05) is 0 Å². The third kappa shape index (κ3) is 4.39. The Morgan fingerprint density at radius 2 is 1.86 bits per heavy atom. The maximum absolute atomic E-state index is 12.2. The van der Waals surface area contributed by atoms with Gasteiger partial charge in [0.25, 0.3) is 0 Å². The molecule has 0 aliphatic rings. The van der Waals surface area contributed by atoms with Gasteiger partial charge in [-0.1, -0.05) is 25.4 Å². The maximum atomic E-state index is 12.2. The first kappa shape index (κ1) is 18.4. The second-order valence-corrected chi connectivity index (χ2v) is 10.3. The molecule has 0 bridgehead atoms. The average Bonchev–Trinajstić information content (AvgIpc) is 2.68. The lowest BCUT2D eigenvalue weighted by Gasteiger charge is -2.18. The van der Waals surface area contributed by atoms with Crippen LogP contribution in [0.15, 0.2) is 15.2 Å². The summed E-state index contributed by atoms with van der Waals surface area (Å²) in [6.07, 6.45) is 0.944. The van der Waals surface area contributed by atoms with Crippen LogP contribution < -0.4 is 10.5 Å². The Balaban J connectivity index is 3.26.